The van der Waals surface area contributed by atoms with E-state index in [0.717, 1.165) is 29.3 Å². The van der Waals surface area contributed by atoms with Crippen molar-refractivity contribution < 1.29 is 5.21 Å². The highest BCUT2D eigenvalue weighted by molar-refractivity contribution is 5.38. The maximum Gasteiger partial charge on any atom is 0.109 e. The van der Waals surface area contributed by atoms with E-state index in [4.69, 9.17) is 5.21 Å². The van der Waals surface area contributed by atoms with Gasteiger partial charge in [-0.15, -0.1) is 5.11 Å². The molecule has 0 spiro atoms. The van der Waals surface area contributed by atoms with E-state index >= 15 is 0 Å². The van der Waals surface area contributed by atoms with E-state index in [0.29, 0.717) is 6.54 Å². The van der Waals surface area contributed by atoms with E-state index in [2.05, 4.69) is 17.2 Å². The fourth-order valence-corrected chi connectivity index (χ4v) is 1.48. The number of rotatable bonds is 1. The molecule has 0 radical (unpaired) electrons. The van der Waals surface area contributed by atoms with Crippen LogP contribution in [0, 0.1) is 0 Å². The van der Waals surface area contributed by atoms with Crippen LogP contribution in [0.15, 0.2) is 33.4 Å². The quantitative estimate of drug-likeness (QED) is 0.646. The molecule has 0 aliphatic carbocycles. The minimum Gasteiger partial charge on any atom is -0.289 e. The van der Waals surface area contributed by atoms with Crippen molar-refractivity contribution in [1.82, 2.24) is 5.06 Å². The van der Waals surface area contributed by atoms with Gasteiger partial charge in [0.1, 0.15) is 5.70 Å². The van der Waals surface area contributed by atoms with Gasteiger partial charge in [-0.05, 0) is 12.8 Å². The van der Waals surface area contributed by atoms with Crippen LogP contribution in [0.5, 0.6) is 0 Å². The molecule has 0 atom stereocenters. The third-order valence-corrected chi connectivity index (χ3v) is 2.13. The van der Waals surface area contributed by atoms with E-state index in [1.165, 1.54) is 5.57 Å². The molecule has 2 aliphatic heterocycles. The monoisotopic (exact) mass is 165 g/mol. The molecule has 0 unspecified atom stereocenters. The summed E-state index contributed by atoms with van der Waals surface area (Å²) in [6.07, 6.45) is 3.39. The summed E-state index contributed by atoms with van der Waals surface area (Å²) in [4.78, 5) is 0. The maximum atomic E-state index is 9.15. The molecule has 0 aromatic carbocycles. The van der Waals surface area contributed by atoms with Gasteiger partial charge in [0.15, 0.2) is 0 Å². The molecule has 4 heteroatoms. The highest BCUT2D eigenvalue weighted by Crippen LogP contribution is 2.32. The second-order valence-corrected chi connectivity index (χ2v) is 2.91. The summed E-state index contributed by atoms with van der Waals surface area (Å²) in [5.41, 5.74) is 3.08. The molecule has 12 heavy (non-hydrogen) atoms. The van der Waals surface area contributed by atoms with Crippen LogP contribution in [0.4, 0.5) is 0 Å². The van der Waals surface area contributed by atoms with Gasteiger partial charge in [-0.1, -0.05) is 6.92 Å². The van der Waals surface area contributed by atoms with Crippen molar-refractivity contribution in [3.05, 3.63) is 23.2 Å². The van der Waals surface area contributed by atoms with Crippen LogP contribution in [0.2, 0.25) is 0 Å². The Morgan fingerprint density at radius 1 is 1.58 bits per heavy atom. The molecule has 2 heterocycles. The maximum absolute atomic E-state index is 9.15. The zero-order chi connectivity index (χ0) is 8.55. The Bertz CT molecular complexity index is 291. The summed E-state index contributed by atoms with van der Waals surface area (Å²) in [5, 5.41) is 18.3. The van der Waals surface area contributed by atoms with Crippen molar-refractivity contribution in [3.63, 3.8) is 0 Å². The van der Waals surface area contributed by atoms with Crippen LogP contribution >= 0.6 is 0 Å². The Labute approximate surface area is 70.9 Å². The fourth-order valence-electron chi connectivity index (χ4n) is 1.48. The van der Waals surface area contributed by atoms with Crippen LogP contribution in [-0.4, -0.2) is 16.8 Å². The van der Waals surface area contributed by atoms with Gasteiger partial charge in [0, 0.05) is 12.1 Å². The lowest BCUT2D eigenvalue weighted by Gasteiger charge is -2.18. The van der Waals surface area contributed by atoms with Gasteiger partial charge in [0.2, 0.25) is 0 Å². The standard InChI is InChI=1S/C8H11N3O/c1-2-7-6-3-4-11(12)5-8(6)10-9-7/h5,12H,2-4H2,1H3. The molecule has 0 aromatic rings. The summed E-state index contributed by atoms with van der Waals surface area (Å²) in [6.45, 7) is 2.71. The largest absolute Gasteiger partial charge is 0.289 e. The van der Waals surface area contributed by atoms with Gasteiger partial charge in [0.25, 0.3) is 0 Å². The third-order valence-electron chi connectivity index (χ3n) is 2.13. The molecule has 0 saturated heterocycles. The lowest BCUT2D eigenvalue weighted by Crippen LogP contribution is -2.19. The van der Waals surface area contributed by atoms with E-state index in [1.54, 1.807) is 6.20 Å². The molecule has 0 aromatic heterocycles. The molecule has 0 saturated carbocycles. The van der Waals surface area contributed by atoms with Gasteiger partial charge in [-0.2, -0.15) is 5.11 Å². The van der Waals surface area contributed by atoms with Gasteiger partial charge < -0.3 is 0 Å². The molecule has 0 fully saturated rings. The Hall–Kier alpha value is -1.16. The molecule has 2 aliphatic rings. The predicted octanol–water partition coefficient (Wildman–Crippen LogP) is 2.05. The number of hydroxylamine groups is 2. The third kappa shape index (κ3) is 1.04. The van der Waals surface area contributed by atoms with Crippen molar-refractivity contribution >= 4 is 0 Å². The number of fused-ring (bicyclic) bond motifs is 1. The van der Waals surface area contributed by atoms with Crippen molar-refractivity contribution in [1.29, 1.82) is 0 Å². The summed E-state index contributed by atoms with van der Waals surface area (Å²) < 4.78 is 0. The van der Waals surface area contributed by atoms with E-state index < -0.39 is 0 Å². The predicted molar refractivity (Wildman–Crippen MR) is 43.4 cm³/mol. The summed E-state index contributed by atoms with van der Waals surface area (Å²) >= 11 is 0. The lowest BCUT2D eigenvalue weighted by atomic mass is 10.0. The zero-order valence-corrected chi connectivity index (χ0v) is 6.99. The van der Waals surface area contributed by atoms with E-state index in [1.807, 2.05) is 0 Å². The summed E-state index contributed by atoms with van der Waals surface area (Å²) in [7, 11) is 0. The Kier molecular flexibility index (Phi) is 1.69. The Morgan fingerprint density at radius 3 is 3.17 bits per heavy atom. The van der Waals surface area contributed by atoms with Crippen LogP contribution < -0.4 is 0 Å². The molecule has 1 N–H and O–H groups in total. The summed E-state index contributed by atoms with van der Waals surface area (Å²) in [6, 6.07) is 0. The molecule has 64 valence electrons. The first kappa shape index (κ1) is 7.49. The second kappa shape index (κ2) is 2.71. The minimum atomic E-state index is 0.646. The molecular formula is C8H11N3O. The molecular weight excluding hydrogens is 154 g/mol. The molecule has 0 amide bonds. The normalized spacial score (nSPS) is 21.5. The first-order valence-electron chi connectivity index (χ1n) is 4.12. The lowest BCUT2D eigenvalue weighted by molar-refractivity contribution is -0.0432. The fraction of sp³-hybridized carbons (Fsp3) is 0.500. The number of allylic oxidation sites excluding steroid dienone is 2. The highest BCUT2D eigenvalue weighted by atomic mass is 16.5. The minimum absolute atomic E-state index is 0.646. The van der Waals surface area contributed by atoms with E-state index in [9.17, 15) is 0 Å². The topological polar surface area (TPSA) is 48.2 Å². The smallest absolute Gasteiger partial charge is 0.109 e. The Balaban J connectivity index is 2.36. The van der Waals surface area contributed by atoms with Gasteiger partial charge in [0.05, 0.1) is 11.9 Å². The summed E-state index contributed by atoms with van der Waals surface area (Å²) in [5.74, 6) is 0. The first-order valence-corrected chi connectivity index (χ1v) is 4.12. The zero-order valence-electron chi connectivity index (χ0n) is 6.99. The van der Waals surface area contributed by atoms with Crippen LogP contribution in [0.1, 0.15) is 19.8 Å². The van der Waals surface area contributed by atoms with Crippen LogP contribution in [-0.2, 0) is 0 Å². The molecule has 4 nitrogen and oxygen atoms in total. The van der Waals surface area contributed by atoms with Crippen molar-refractivity contribution in [3.8, 4) is 0 Å². The average molecular weight is 165 g/mol. The highest BCUT2D eigenvalue weighted by Gasteiger charge is 2.21. The van der Waals surface area contributed by atoms with Crippen LogP contribution in [0.25, 0.3) is 0 Å². The molecule has 0 bridgehead atoms. The van der Waals surface area contributed by atoms with Gasteiger partial charge >= 0.3 is 0 Å². The van der Waals surface area contributed by atoms with Crippen LogP contribution in [0.3, 0.4) is 0 Å². The van der Waals surface area contributed by atoms with Crippen molar-refractivity contribution in [2.75, 3.05) is 6.54 Å². The average Bonchev–Trinajstić information content (AvgIpc) is 2.46. The Morgan fingerprint density at radius 2 is 2.42 bits per heavy atom. The number of nitrogens with zero attached hydrogens (tertiary/aromatic N) is 3. The van der Waals surface area contributed by atoms with Gasteiger partial charge in [-0.3, -0.25) is 10.3 Å². The molecule has 2 rings (SSSR count). The van der Waals surface area contributed by atoms with E-state index in [-0.39, 0.29) is 0 Å². The number of hydrogen-bond acceptors (Lipinski definition) is 4. The first-order chi connectivity index (χ1) is 5.81. The van der Waals surface area contributed by atoms with Crippen molar-refractivity contribution in [2.45, 2.75) is 19.8 Å². The van der Waals surface area contributed by atoms with Crippen molar-refractivity contribution in [2.24, 2.45) is 10.2 Å². The number of hydrogen-bond donors (Lipinski definition) is 1. The van der Waals surface area contributed by atoms with Gasteiger partial charge in [-0.25, -0.2) is 0 Å². The number of azo groups is 1. The SMILES string of the molecule is CCC1=C2CCN(O)C=C2N=N1. The second-order valence-electron chi connectivity index (χ2n) is 2.91.